The summed E-state index contributed by atoms with van der Waals surface area (Å²) < 4.78 is 0. The van der Waals surface area contributed by atoms with Gasteiger partial charge in [0.05, 0.1) is 12.4 Å². The third kappa shape index (κ3) is 10.4. The van der Waals surface area contributed by atoms with E-state index < -0.39 is 53.8 Å². The lowest BCUT2D eigenvalue weighted by Crippen LogP contribution is -2.56. The van der Waals surface area contributed by atoms with E-state index in [4.69, 9.17) is 17.2 Å². The molecule has 0 spiro atoms. The number of hydrogen-bond donors (Lipinski definition) is 8. The molecule has 1 heterocycles. The van der Waals surface area contributed by atoms with Crippen molar-refractivity contribution in [1.29, 1.82) is 0 Å². The fourth-order valence-electron chi connectivity index (χ4n) is 2.97. The quantitative estimate of drug-likeness (QED) is 0.113. The maximum Gasteiger partial charge on any atom is 0.326 e. The molecule has 1 aromatic heterocycles. The minimum atomic E-state index is -1.27. The molecule has 34 heavy (non-hydrogen) atoms. The minimum absolute atomic E-state index is 0.0406. The molecule has 4 atom stereocenters. The summed E-state index contributed by atoms with van der Waals surface area (Å²) in [5.41, 5.74) is 16.9. The van der Waals surface area contributed by atoms with Gasteiger partial charge < -0.3 is 43.2 Å². The highest BCUT2D eigenvalue weighted by molar-refractivity contribution is 5.94. The van der Waals surface area contributed by atoms with Crippen molar-refractivity contribution >= 4 is 29.6 Å². The molecule has 4 unspecified atom stereocenters. The highest BCUT2D eigenvalue weighted by atomic mass is 16.4. The average Bonchev–Trinajstić information content (AvgIpc) is 3.28. The number of aliphatic carboxylic acids is 1. The molecule has 1 aromatic rings. The number of rotatable bonds is 16. The number of imidazole rings is 1. The number of carbonyl (C=O) groups is 5. The van der Waals surface area contributed by atoms with Crippen LogP contribution in [0.15, 0.2) is 12.5 Å². The van der Waals surface area contributed by atoms with Crippen LogP contribution in [0.4, 0.5) is 0 Å². The molecule has 1 rings (SSSR count). The molecule has 0 saturated heterocycles. The predicted molar refractivity (Wildman–Crippen MR) is 121 cm³/mol. The SMILES string of the molecule is CC(NC(=O)C(CCC(N)=O)NC(=O)C(N)CCCCN)C(=O)NC(Cc1cnc[nH]1)C(=O)O. The predicted octanol–water partition coefficient (Wildman–Crippen LogP) is -2.77. The molecule has 14 heteroatoms. The topological polar surface area (TPSA) is 248 Å². The van der Waals surface area contributed by atoms with Gasteiger partial charge >= 0.3 is 5.97 Å². The number of carboxylic acid groups (broad SMARTS) is 1. The largest absolute Gasteiger partial charge is 0.480 e. The van der Waals surface area contributed by atoms with E-state index in [1.54, 1.807) is 0 Å². The molecule has 0 bridgehead atoms. The number of aromatic amines is 1. The van der Waals surface area contributed by atoms with Crippen molar-refractivity contribution in [2.24, 2.45) is 17.2 Å². The van der Waals surface area contributed by atoms with Crippen LogP contribution in [0.3, 0.4) is 0 Å². The van der Waals surface area contributed by atoms with Crippen LogP contribution in [-0.4, -0.2) is 75.4 Å². The van der Waals surface area contributed by atoms with Crippen molar-refractivity contribution in [2.45, 2.75) is 69.6 Å². The standard InChI is InChI=1S/C20H34N8O6/c1-11(17(30)28-15(20(33)34)8-12-9-24-10-25-12)26-19(32)14(5-6-16(23)29)27-18(31)13(22)4-2-3-7-21/h9-11,13-15H,2-8,21-22H2,1H3,(H2,23,29)(H,24,25)(H,26,32)(H,27,31)(H,28,30)(H,33,34). The molecule has 0 aromatic carbocycles. The molecular formula is C20H34N8O6. The number of aromatic nitrogens is 2. The van der Waals surface area contributed by atoms with Crippen LogP contribution < -0.4 is 33.2 Å². The summed E-state index contributed by atoms with van der Waals surface area (Å²) in [6, 6.07) is -4.45. The van der Waals surface area contributed by atoms with Gasteiger partial charge in [-0.25, -0.2) is 9.78 Å². The van der Waals surface area contributed by atoms with E-state index in [0.717, 1.165) is 0 Å². The highest BCUT2D eigenvalue weighted by Gasteiger charge is 2.28. The second kappa shape index (κ2) is 14.6. The molecule has 11 N–H and O–H groups in total. The zero-order valence-corrected chi connectivity index (χ0v) is 19.1. The number of H-pyrrole nitrogens is 1. The van der Waals surface area contributed by atoms with Gasteiger partial charge in [0.2, 0.25) is 23.6 Å². The van der Waals surface area contributed by atoms with Gasteiger partial charge in [-0.1, -0.05) is 6.42 Å². The lowest BCUT2D eigenvalue weighted by Gasteiger charge is -2.23. The second-order valence-corrected chi connectivity index (χ2v) is 7.87. The third-order valence-electron chi connectivity index (χ3n) is 4.96. The molecule has 4 amide bonds. The monoisotopic (exact) mass is 482 g/mol. The first-order valence-corrected chi connectivity index (χ1v) is 10.9. The number of carbonyl (C=O) groups excluding carboxylic acids is 4. The Kier molecular flexibility index (Phi) is 12.2. The van der Waals surface area contributed by atoms with Crippen molar-refractivity contribution in [1.82, 2.24) is 25.9 Å². The second-order valence-electron chi connectivity index (χ2n) is 7.87. The Labute approximate surface area is 196 Å². The first-order valence-electron chi connectivity index (χ1n) is 10.9. The van der Waals surface area contributed by atoms with Crippen LogP contribution in [0, 0.1) is 0 Å². The number of carboxylic acids is 1. The molecule has 0 aliphatic heterocycles. The molecule has 14 nitrogen and oxygen atoms in total. The van der Waals surface area contributed by atoms with Crippen molar-refractivity contribution in [3.63, 3.8) is 0 Å². The van der Waals surface area contributed by atoms with Crippen molar-refractivity contribution in [3.8, 4) is 0 Å². The lowest BCUT2D eigenvalue weighted by atomic mass is 10.1. The van der Waals surface area contributed by atoms with Crippen molar-refractivity contribution < 1.29 is 29.1 Å². The summed E-state index contributed by atoms with van der Waals surface area (Å²) in [4.78, 5) is 66.8. The third-order valence-corrected chi connectivity index (χ3v) is 4.96. The Hall–Kier alpha value is -3.52. The van der Waals surface area contributed by atoms with Gasteiger partial charge in [-0.15, -0.1) is 0 Å². The van der Waals surface area contributed by atoms with E-state index in [2.05, 4.69) is 25.9 Å². The van der Waals surface area contributed by atoms with Crippen LogP contribution >= 0.6 is 0 Å². The summed E-state index contributed by atoms with van der Waals surface area (Å²) in [5.74, 6) is -4.03. The minimum Gasteiger partial charge on any atom is -0.480 e. The van der Waals surface area contributed by atoms with Gasteiger partial charge in [0.1, 0.15) is 18.1 Å². The molecular weight excluding hydrogens is 448 g/mol. The Morgan fingerprint density at radius 3 is 2.26 bits per heavy atom. The normalized spacial score (nSPS) is 14.3. The van der Waals surface area contributed by atoms with Gasteiger partial charge in [0.15, 0.2) is 0 Å². The van der Waals surface area contributed by atoms with E-state index in [1.165, 1.54) is 19.4 Å². The number of nitrogens with one attached hydrogen (secondary N) is 4. The average molecular weight is 483 g/mol. The Morgan fingerprint density at radius 1 is 1.03 bits per heavy atom. The summed E-state index contributed by atoms with van der Waals surface area (Å²) >= 11 is 0. The van der Waals surface area contributed by atoms with Crippen LogP contribution in [0.2, 0.25) is 0 Å². The number of hydrogen-bond acceptors (Lipinski definition) is 8. The van der Waals surface area contributed by atoms with E-state index in [-0.39, 0.29) is 19.3 Å². The van der Waals surface area contributed by atoms with Gasteiger partial charge in [-0.05, 0) is 32.7 Å². The summed E-state index contributed by atoms with van der Waals surface area (Å²) in [5, 5.41) is 16.6. The van der Waals surface area contributed by atoms with E-state index in [0.29, 0.717) is 31.5 Å². The number of nitrogens with two attached hydrogens (primary N) is 3. The van der Waals surface area contributed by atoms with Crippen molar-refractivity contribution in [2.75, 3.05) is 6.54 Å². The van der Waals surface area contributed by atoms with E-state index in [9.17, 15) is 29.1 Å². The number of amides is 4. The lowest BCUT2D eigenvalue weighted by molar-refractivity contribution is -0.142. The van der Waals surface area contributed by atoms with Crippen LogP contribution in [0.1, 0.15) is 44.7 Å². The Morgan fingerprint density at radius 2 is 1.71 bits per heavy atom. The van der Waals surface area contributed by atoms with E-state index in [1.807, 2.05) is 0 Å². The van der Waals surface area contributed by atoms with Crippen LogP contribution in [0.25, 0.3) is 0 Å². The smallest absolute Gasteiger partial charge is 0.326 e. The molecule has 0 saturated carbocycles. The fourth-order valence-corrected chi connectivity index (χ4v) is 2.97. The summed E-state index contributed by atoms with van der Waals surface area (Å²) in [6.45, 7) is 1.82. The van der Waals surface area contributed by atoms with Crippen LogP contribution in [-0.2, 0) is 30.4 Å². The molecule has 0 fully saturated rings. The van der Waals surface area contributed by atoms with Gasteiger partial charge in [-0.3, -0.25) is 19.2 Å². The Bertz CT molecular complexity index is 831. The highest BCUT2D eigenvalue weighted by Crippen LogP contribution is 2.04. The maximum atomic E-state index is 12.7. The Balaban J connectivity index is 2.74. The maximum absolute atomic E-state index is 12.7. The first-order chi connectivity index (χ1) is 16.0. The van der Waals surface area contributed by atoms with Gasteiger partial charge in [0.25, 0.3) is 0 Å². The number of nitrogens with zero attached hydrogens (tertiary/aromatic N) is 1. The molecule has 0 aliphatic rings. The summed E-state index contributed by atoms with van der Waals surface area (Å²) in [7, 11) is 0. The van der Waals surface area contributed by atoms with Gasteiger partial charge in [0, 0.05) is 24.7 Å². The molecule has 0 aliphatic carbocycles. The number of unbranched alkanes of at least 4 members (excludes halogenated alkanes) is 1. The molecule has 190 valence electrons. The fraction of sp³-hybridized carbons (Fsp3) is 0.600. The summed E-state index contributed by atoms with van der Waals surface area (Å²) in [6.07, 6.45) is 4.16. The van der Waals surface area contributed by atoms with Gasteiger partial charge in [-0.2, -0.15) is 0 Å². The zero-order valence-electron chi connectivity index (χ0n) is 19.1. The van der Waals surface area contributed by atoms with Crippen molar-refractivity contribution in [3.05, 3.63) is 18.2 Å². The van der Waals surface area contributed by atoms with E-state index >= 15 is 0 Å². The zero-order chi connectivity index (χ0) is 25.7. The number of primary amides is 1. The van der Waals surface area contributed by atoms with Crippen LogP contribution in [0.5, 0.6) is 0 Å². The first kappa shape index (κ1) is 28.5. The molecule has 0 radical (unpaired) electrons.